The van der Waals surface area contributed by atoms with E-state index in [1.807, 2.05) is 60.7 Å². The van der Waals surface area contributed by atoms with E-state index in [2.05, 4.69) is 10.5 Å². The van der Waals surface area contributed by atoms with Gasteiger partial charge in [-0.1, -0.05) is 65.8 Å². The van der Waals surface area contributed by atoms with Gasteiger partial charge in [0.1, 0.15) is 23.1 Å². The zero-order valence-electron chi connectivity index (χ0n) is 21.4. The summed E-state index contributed by atoms with van der Waals surface area (Å²) in [6.07, 6.45) is 0.471. The normalized spacial score (nSPS) is 15.3. The number of nitrogens with zero attached hydrogens (tertiary/aromatic N) is 1. The zero-order chi connectivity index (χ0) is 27.0. The highest BCUT2D eigenvalue weighted by Crippen LogP contribution is 2.49. The molecular weight excluding hydrogens is 500 g/mol. The first-order valence-corrected chi connectivity index (χ1v) is 12.6. The molecule has 198 valence electrons. The van der Waals surface area contributed by atoms with E-state index < -0.39 is 17.8 Å². The third kappa shape index (κ3) is 4.67. The quantitative estimate of drug-likeness (QED) is 0.259. The number of rotatable bonds is 8. The van der Waals surface area contributed by atoms with Gasteiger partial charge in [-0.2, -0.15) is 0 Å². The first kappa shape index (κ1) is 24.5. The highest BCUT2D eigenvalue weighted by molar-refractivity contribution is 5.91. The van der Waals surface area contributed by atoms with Crippen LogP contribution in [0.3, 0.4) is 0 Å². The van der Waals surface area contributed by atoms with Gasteiger partial charge in [-0.15, -0.1) is 0 Å². The molecule has 0 bridgehead atoms. The van der Waals surface area contributed by atoms with Crippen molar-refractivity contribution in [1.29, 1.82) is 0 Å². The van der Waals surface area contributed by atoms with Gasteiger partial charge in [-0.3, -0.25) is 10.1 Å². The van der Waals surface area contributed by atoms with E-state index in [-0.39, 0.29) is 6.79 Å². The fourth-order valence-corrected chi connectivity index (χ4v) is 4.80. The van der Waals surface area contributed by atoms with Crippen LogP contribution in [0, 0.1) is 6.92 Å². The summed E-state index contributed by atoms with van der Waals surface area (Å²) in [4.78, 5) is 23.6. The van der Waals surface area contributed by atoms with E-state index in [0.29, 0.717) is 35.1 Å². The number of amides is 1. The maximum Gasteiger partial charge on any atom is 0.412 e. The molecule has 3 aromatic carbocycles. The second-order valence-corrected chi connectivity index (χ2v) is 9.59. The van der Waals surface area contributed by atoms with Crippen molar-refractivity contribution in [2.24, 2.45) is 0 Å². The maximum absolute atomic E-state index is 12.8. The Bertz CT molecular complexity index is 1520. The second-order valence-electron chi connectivity index (χ2n) is 9.59. The predicted molar refractivity (Wildman–Crippen MR) is 141 cm³/mol. The van der Waals surface area contributed by atoms with Gasteiger partial charge in [0.05, 0.1) is 0 Å². The highest BCUT2D eigenvalue weighted by Gasteiger charge is 2.46. The summed E-state index contributed by atoms with van der Waals surface area (Å²) >= 11 is 0. The molecule has 9 heteroatoms. The summed E-state index contributed by atoms with van der Waals surface area (Å²) in [6, 6.07) is 21.2. The third-order valence-electron chi connectivity index (χ3n) is 7.11. The molecule has 1 atom stereocenters. The van der Waals surface area contributed by atoms with Crippen molar-refractivity contribution in [3.63, 3.8) is 0 Å². The van der Waals surface area contributed by atoms with Crippen LogP contribution in [0.4, 0.5) is 10.5 Å². The number of benzene rings is 3. The molecule has 0 saturated heterocycles. The van der Waals surface area contributed by atoms with Crippen LogP contribution in [-0.4, -0.2) is 24.5 Å². The number of aromatic nitrogens is 1. The van der Waals surface area contributed by atoms with E-state index in [4.69, 9.17) is 23.5 Å². The number of carbonyl (C=O) groups is 2. The third-order valence-corrected chi connectivity index (χ3v) is 7.11. The molecule has 1 aliphatic heterocycles. The average molecular weight is 527 g/mol. The van der Waals surface area contributed by atoms with Crippen molar-refractivity contribution in [2.45, 2.75) is 38.4 Å². The van der Waals surface area contributed by atoms with E-state index in [1.54, 1.807) is 19.9 Å². The molecule has 1 fully saturated rings. The lowest BCUT2D eigenvalue weighted by Gasteiger charge is -2.16. The van der Waals surface area contributed by atoms with E-state index in [9.17, 15) is 9.59 Å². The fourth-order valence-electron chi connectivity index (χ4n) is 4.80. The summed E-state index contributed by atoms with van der Waals surface area (Å²) in [7, 11) is 0. The first-order chi connectivity index (χ1) is 19.0. The van der Waals surface area contributed by atoms with Gasteiger partial charge < -0.3 is 23.5 Å². The van der Waals surface area contributed by atoms with Crippen LogP contribution in [0.1, 0.15) is 42.7 Å². The Morgan fingerprint density at radius 2 is 1.69 bits per heavy atom. The van der Waals surface area contributed by atoms with Crippen LogP contribution in [-0.2, 0) is 19.9 Å². The molecule has 0 spiro atoms. The summed E-state index contributed by atoms with van der Waals surface area (Å²) in [6.45, 7) is 4.17. The SMILES string of the molecule is Cc1noc(-c2ccc(-c3ccc(C4(OC=O)CC4)cc3)cc2)c1NC(=O)O[C@H](C)c1cccc2c1OCO2. The second kappa shape index (κ2) is 9.83. The zero-order valence-corrected chi connectivity index (χ0v) is 21.4. The number of ether oxygens (including phenoxy) is 4. The lowest BCUT2D eigenvalue weighted by Crippen LogP contribution is -2.17. The number of aryl methyl sites for hydroxylation is 1. The smallest absolute Gasteiger partial charge is 0.412 e. The summed E-state index contributed by atoms with van der Waals surface area (Å²) < 4.78 is 27.4. The summed E-state index contributed by atoms with van der Waals surface area (Å²) in [5.74, 6) is 1.63. The van der Waals surface area contributed by atoms with Crippen LogP contribution in [0.5, 0.6) is 11.5 Å². The molecule has 1 aliphatic carbocycles. The fraction of sp³-hybridized carbons (Fsp3) is 0.233. The molecule has 0 radical (unpaired) electrons. The number of para-hydroxylation sites is 1. The minimum Gasteiger partial charge on any atom is -0.456 e. The van der Waals surface area contributed by atoms with Crippen molar-refractivity contribution >= 4 is 18.3 Å². The van der Waals surface area contributed by atoms with E-state index >= 15 is 0 Å². The largest absolute Gasteiger partial charge is 0.456 e. The number of nitrogens with one attached hydrogen (secondary N) is 1. The molecule has 0 unspecified atom stereocenters. The molecule has 2 aliphatic rings. The van der Waals surface area contributed by atoms with Crippen molar-refractivity contribution in [3.8, 4) is 33.9 Å². The number of anilines is 1. The lowest BCUT2D eigenvalue weighted by molar-refractivity contribution is -0.136. The van der Waals surface area contributed by atoms with Gasteiger partial charge in [-0.25, -0.2) is 4.79 Å². The Morgan fingerprint density at radius 3 is 2.38 bits per heavy atom. The molecular formula is C30H26N2O7. The maximum atomic E-state index is 12.8. The predicted octanol–water partition coefficient (Wildman–Crippen LogP) is 6.52. The Labute approximate surface area is 224 Å². The van der Waals surface area contributed by atoms with Gasteiger partial charge >= 0.3 is 6.09 Å². The average Bonchev–Trinajstić information content (AvgIpc) is 3.41. The standard InChI is InChI=1S/C30H26N2O7/c1-18-26(31-29(34)38-19(2)24-4-3-5-25-28(24)36-17-35-25)27(39-32-18)22-8-6-20(7-9-22)21-10-12-23(13-11-21)30(14-15-30)37-16-33/h3-13,16,19H,14-15,17H2,1-2H3,(H,31,34)/t19-/m1/s1. The Kier molecular flexibility index (Phi) is 6.18. The van der Waals surface area contributed by atoms with E-state index in [0.717, 1.165) is 40.7 Å². The van der Waals surface area contributed by atoms with Crippen LogP contribution >= 0.6 is 0 Å². The number of fused-ring (bicyclic) bond motifs is 1. The van der Waals surface area contributed by atoms with Gasteiger partial charge in [0.2, 0.25) is 6.79 Å². The summed E-state index contributed by atoms with van der Waals surface area (Å²) in [5.41, 5.74) is 5.01. The molecule has 1 N–H and O–H groups in total. The monoisotopic (exact) mass is 526 g/mol. The minimum absolute atomic E-state index is 0.135. The van der Waals surface area contributed by atoms with Crippen LogP contribution in [0.15, 0.2) is 71.3 Å². The van der Waals surface area contributed by atoms with Gasteiger partial charge in [0.25, 0.3) is 6.47 Å². The molecule has 1 amide bonds. The number of carbonyl (C=O) groups excluding carboxylic acids is 2. The van der Waals surface area contributed by atoms with Crippen LogP contribution in [0.25, 0.3) is 22.5 Å². The molecule has 1 saturated carbocycles. The molecule has 9 nitrogen and oxygen atoms in total. The van der Waals surface area contributed by atoms with Gasteiger partial charge in [-0.05, 0) is 49.4 Å². The molecule has 4 aromatic rings. The Morgan fingerprint density at radius 1 is 1.00 bits per heavy atom. The van der Waals surface area contributed by atoms with Crippen LogP contribution in [0.2, 0.25) is 0 Å². The van der Waals surface area contributed by atoms with Crippen molar-refractivity contribution in [2.75, 3.05) is 12.1 Å². The summed E-state index contributed by atoms with van der Waals surface area (Å²) in [5, 5.41) is 6.83. The van der Waals surface area contributed by atoms with Gasteiger partial charge in [0, 0.05) is 11.1 Å². The first-order valence-electron chi connectivity index (χ1n) is 12.6. The van der Waals surface area contributed by atoms with Crippen molar-refractivity contribution in [3.05, 3.63) is 83.6 Å². The van der Waals surface area contributed by atoms with E-state index in [1.165, 1.54) is 0 Å². The number of hydrogen-bond acceptors (Lipinski definition) is 8. The lowest BCUT2D eigenvalue weighted by atomic mass is 9.99. The molecule has 1 aromatic heterocycles. The van der Waals surface area contributed by atoms with Gasteiger partial charge in [0.15, 0.2) is 17.3 Å². The molecule has 2 heterocycles. The Balaban J connectivity index is 1.15. The topological polar surface area (TPSA) is 109 Å². The van der Waals surface area contributed by atoms with Crippen LogP contribution < -0.4 is 14.8 Å². The minimum atomic E-state index is -0.643. The number of hydrogen-bond donors (Lipinski definition) is 1. The Hall–Kier alpha value is -4.79. The van der Waals surface area contributed by atoms with Crippen molar-refractivity contribution in [1.82, 2.24) is 5.16 Å². The van der Waals surface area contributed by atoms with Crippen molar-refractivity contribution < 1.29 is 33.1 Å². The molecule has 39 heavy (non-hydrogen) atoms. The molecule has 6 rings (SSSR count). The highest BCUT2D eigenvalue weighted by atomic mass is 16.7.